The highest BCUT2D eigenvalue weighted by molar-refractivity contribution is 6.04. The Morgan fingerprint density at radius 1 is 1.44 bits per heavy atom. The number of aromatic nitrogens is 1. The van der Waals surface area contributed by atoms with Gasteiger partial charge in [0.1, 0.15) is 11.3 Å². The highest BCUT2D eigenvalue weighted by atomic mass is 16.5. The Balaban J connectivity index is 2.08. The average molecular weight is 241 g/mol. The van der Waals surface area contributed by atoms with Crippen molar-refractivity contribution in [3.05, 3.63) is 47.3 Å². The first-order chi connectivity index (χ1) is 8.70. The van der Waals surface area contributed by atoms with Crippen LogP contribution in [0.5, 0.6) is 0 Å². The van der Waals surface area contributed by atoms with Crippen LogP contribution in [0.4, 0.5) is 5.69 Å². The van der Waals surface area contributed by atoms with Crippen molar-refractivity contribution in [3.8, 4) is 6.07 Å². The van der Waals surface area contributed by atoms with E-state index in [0.29, 0.717) is 23.4 Å². The SMILES string of the molecule is Cc1oncc1C(=O)Nc1ccc(CC#N)cc1. The number of anilines is 1. The van der Waals surface area contributed by atoms with Crippen molar-refractivity contribution in [2.75, 3.05) is 5.32 Å². The lowest BCUT2D eigenvalue weighted by molar-refractivity contribution is 0.102. The van der Waals surface area contributed by atoms with E-state index in [9.17, 15) is 4.79 Å². The molecule has 1 heterocycles. The molecule has 90 valence electrons. The van der Waals surface area contributed by atoms with Gasteiger partial charge in [0, 0.05) is 5.69 Å². The predicted octanol–water partition coefficient (Wildman–Crippen LogP) is 2.30. The zero-order valence-corrected chi connectivity index (χ0v) is 9.80. The topological polar surface area (TPSA) is 78.9 Å². The van der Waals surface area contributed by atoms with E-state index >= 15 is 0 Å². The van der Waals surface area contributed by atoms with E-state index in [4.69, 9.17) is 9.78 Å². The second-order valence-corrected chi connectivity index (χ2v) is 3.78. The monoisotopic (exact) mass is 241 g/mol. The molecule has 0 unspecified atom stereocenters. The van der Waals surface area contributed by atoms with Crippen molar-refractivity contribution in [3.63, 3.8) is 0 Å². The Bertz CT molecular complexity index is 593. The van der Waals surface area contributed by atoms with Crippen LogP contribution in [-0.4, -0.2) is 11.1 Å². The second kappa shape index (κ2) is 5.15. The fourth-order valence-electron chi connectivity index (χ4n) is 1.51. The van der Waals surface area contributed by atoms with Gasteiger partial charge in [-0.05, 0) is 24.6 Å². The molecular formula is C13H11N3O2. The number of nitrogens with zero attached hydrogens (tertiary/aromatic N) is 2. The van der Waals surface area contributed by atoms with E-state index < -0.39 is 0 Å². The molecule has 0 radical (unpaired) electrons. The summed E-state index contributed by atoms with van der Waals surface area (Å²) in [7, 11) is 0. The van der Waals surface area contributed by atoms with Gasteiger partial charge in [-0.1, -0.05) is 17.3 Å². The first kappa shape index (κ1) is 11.9. The van der Waals surface area contributed by atoms with Crippen molar-refractivity contribution in [2.45, 2.75) is 13.3 Å². The highest BCUT2D eigenvalue weighted by Gasteiger charge is 2.12. The van der Waals surface area contributed by atoms with Crippen LogP contribution in [0.1, 0.15) is 21.7 Å². The van der Waals surface area contributed by atoms with Gasteiger partial charge < -0.3 is 9.84 Å². The number of amides is 1. The van der Waals surface area contributed by atoms with Gasteiger partial charge in [-0.2, -0.15) is 5.26 Å². The normalized spacial score (nSPS) is 9.78. The molecule has 18 heavy (non-hydrogen) atoms. The van der Waals surface area contributed by atoms with Crippen LogP contribution in [0.15, 0.2) is 35.0 Å². The molecule has 1 aromatic heterocycles. The molecule has 2 aromatic rings. The number of hydrogen-bond donors (Lipinski definition) is 1. The van der Waals surface area contributed by atoms with Crippen molar-refractivity contribution < 1.29 is 9.32 Å². The number of carbonyl (C=O) groups is 1. The van der Waals surface area contributed by atoms with Gasteiger partial charge in [-0.3, -0.25) is 4.79 Å². The second-order valence-electron chi connectivity index (χ2n) is 3.78. The number of rotatable bonds is 3. The Hall–Kier alpha value is -2.61. The maximum atomic E-state index is 11.8. The van der Waals surface area contributed by atoms with Gasteiger partial charge in [0.2, 0.25) is 0 Å². The van der Waals surface area contributed by atoms with Crippen molar-refractivity contribution >= 4 is 11.6 Å². The van der Waals surface area contributed by atoms with E-state index in [2.05, 4.69) is 16.5 Å². The largest absolute Gasteiger partial charge is 0.361 e. The lowest BCUT2D eigenvalue weighted by Gasteiger charge is -2.04. The lowest BCUT2D eigenvalue weighted by atomic mass is 10.1. The Morgan fingerprint density at radius 2 is 2.17 bits per heavy atom. The van der Waals surface area contributed by atoms with Gasteiger partial charge in [0.25, 0.3) is 5.91 Å². The zero-order chi connectivity index (χ0) is 13.0. The van der Waals surface area contributed by atoms with Gasteiger partial charge in [0.05, 0.1) is 18.7 Å². The number of carbonyl (C=O) groups excluding carboxylic acids is 1. The summed E-state index contributed by atoms with van der Waals surface area (Å²) in [6.45, 7) is 1.68. The van der Waals surface area contributed by atoms with Crippen LogP contribution in [0.25, 0.3) is 0 Å². The number of nitrogens with one attached hydrogen (secondary N) is 1. The van der Waals surface area contributed by atoms with Gasteiger partial charge in [-0.15, -0.1) is 0 Å². The van der Waals surface area contributed by atoms with E-state index in [0.717, 1.165) is 5.56 Å². The molecule has 0 spiro atoms. The highest BCUT2D eigenvalue weighted by Crippen LogP contribution is 2.13. The zero-order valence-electron chi connectivity index (χ0n) is 9.80. The first-order valence-electron chi connectivity index (χ1n) is 5.39. The minimum absolute atomic E-state index is 0.262. The Labute approximate surface area is 104 Å². The summed E-state index contributed by atoms with van der Waals surface area (Å²) >= 11 is 0. The number of benzene rings is 1. The lowest BCUT2D eigenvalue weighted by Crippen LogP contribution is -2.12. The minimum Gasteiger partial charge on any atom is -0.361 e. The summed E-state index contributed by atoms with van der Waals surface area (Å²) in [5, 5.41) is 14.8. The molecule has 0 aliphatic rings. The maximum Gasteiger partial charge on any atom is 0.260 e. The van der Waals surface area contributed by atoms with E-state index in [-0.39, 0.29) is 5.91 Å². The van der Waals surface area contributed by atoms with Crippen LogP contribution in [-0.2, 0) is 6.42 Å². The molecule has 0 atom stereocenters. The summed E-state index contributed by atoms with van der Waals surface area (Å²) in [5.74, 6) is 0.218. The molecule has 0 aliphatic heterocycles. The molecule has 1 amide bonds. The van der Waals surface area contributed by atoms with Crippen LogP contribution < -0.4 is 5.32 Å². The third-order valence-electron chi connectivity index (χ3n) is 2.49. The fourth-order valence-corrected chi connectivity index (χ4v) is 1.51. The van der Waals surface area contributed by atoms with E-state index in [1.165, 1.54) is 6.20 Å². The van der Waals surface area contributed by atoms with Crippen molar-refractivity contribution in [1.29, 1.82) is 5.26 Å². The van der Waals surface area contributed by atoms with Crippen LogP contribution in [0.2, 0.25) is 0 Å². The minimum atomic E-state index is -0.262. The molecule has 5 nitrogen and oxygen atoms in total. The molecule has 2 rings (SSSR count). The molecule has 5 heteroatoms. The van der Waals surface area contributed by atoms with E-state index in [1.54, 1.807) is 31.2 Å². The van der Waals surface area contributed by atoms with Gasteiger partial charge in [-0.25, -0.2) is 0 Å². The first-order valence-corrected chi connectivity index (χ1v) is 5.39. The number of nitriles is 1. The third-order valence-corrected chi connectivity index (χ3v) is 2.49. The molecule has 0 saturated carbocycles. The molecule has 1 N–H and O–H groups in total. The fraction of sp³-hybridized carbons (Fsp3) is 0.154. The van der Waals surface area contributed by atoms with Crippen molar-refractivity contribution in [1.82, 2.24) is 5.16 Å². The van der Waals surface area contributed by atoms with E-state index in [1.807, 2.05) is 0 Å². The summed E-state index contributed by atoms with van der Waals surface area (Å²) in [6, 6.07) is 9.19. The smallest absolute Gasteiger partial charge is 0.260 e. The standard InChI is InChI=1S/C13H11N3O2/c1-9-12(8-15-18-9)13(17)16-11-4-2-10(3-5-11)6-7-14/h2-5,8H,6H2,1H3,(H,16,17). The average Bonchev–Trinajstić information content (AvgIpc) is 2.78. The van der Waals surface area contributed by atoms with Crippen LogP contribution in [0.3, 0.4) is 0 Å². The molecule has 0 fully saturated rings. The van der Waals surface area contributed by atoms with Gasteiger partial charge >= 0.3 is 0 Å². The maximum absolute atomic E-state index is 11.8. The Morgan fingerprint density at radius 3 is 2.72 bits per heavy atom. The number of hydrogen-bond acceptors (Lipinski definition) is 4. The Kier molecular flexibility index (Phi) is 3.39. The van der Waals surface area contributed by atoms with Crippen LogP contribution >= 0.6 is 0 Å². The molecule has 0 saturated heterocycles. The van der Waals surface area contributed by atoms with Gasteiger partial charge in [0.15, 0.2) is 0 Å². The quantitative estimate of drug-likeness (QED) is 0.894. The summed E-state index contributed by atoms with van der Waals surface area (Å²) < 4.78 is 4.83. The molecule has 1 aromatic carbocycles. The molecule has 0 bridgehead atoms. The summed E-state index contributed by atoms with van der Waals surface area (Å²) in [5.41, 5.74) is 2.00. The third kappa shape index (κ3) is 2.55. The van der Waals surface area contributed by atoms with Crippen LogP contribution in [0, 0.1) is 18.3 Å². The summed E-state index contributed by atoms with van der Waals surface area (Å²) in [6.07, 6.45) is 1.74. The number of aryl methyl sites for hydroxylation is 1. The molecule has 0 aliphatic carbocycles. The summed E-state index contributed by atoms with van der Waals surface area (Å²) in [4.78, 5) is 11.8. The predicted molar refractivity (Wildman–Crippen MR) is 65.0 cm³/mol. The molecular weight excluding hydrogens is 230 g/mol. The van der Waals surface area contributed by atoms with Crippen molar-refractivity contribution in [2.24, 2.45) is 0 Å².